The number of imide groups is 1. The fraction of sp³-hybridized carbons (Fsp3) is 0.118. The Morgan fingerprint density at radius 1 is 1.17 bits per heavy atom. The van der Waals surface area contributed by atoms with Gasteiger partial charge >= 0.3 is 12.0 Å². The Hall–Kier alpha value is -2.93. The van der Waals surface area contributed by atoms with Gasteiger partial charge in [-0.15, -0.1) is 0 Å². The molecule has 0 aliphatic carbocycles. The third kappa shape index (κ3) is 5.06. The van der Waals surface area contributed by atoms with Crippen molar-refractivity contribution in [2.24, 2.45) is 0 Å². The van der Waals surface area contributed by atoms with Gasteiger partial charge in [-0.2, -0.15) is 11.3 Å². The predicted molar refractivity (Wildman–Crippen MR) is 91.2 cm³/mol. The highest BCUT2D eigenvalue weighted by atomic mass is 32.1. The molecule has 1 atom stereocenters. The number of rotatable bonds is 5. The molecule has 2 rings (SSSR count). The number of urea groups is 1. The number of thiophene rings is 1. The predicted octanol–water partition coefficient (Wildman–Crippen LogP) is 2.50. The zero-order chi connectivity index (χ0) is 17.4. The van der Waals surface area contributed by atoms with Crippen LogP contribution in [0.15, 0.2) is 53.2 Å². The minimum atomic E-state index is -1.22. The van der Waals surface area contributed by atoms with Crippen LogP contribution in [0.1, 0.15) is 17.2 Å². The highest BCUT2D eigenvalue weighted by Crippen LogP contribution is 2.18. The van der Waals surface area contributed by atoms with Crippen molar-refractivity contribution in [3.63, 3.8) is 0 Å². The summed E-state index contributed by atoms with van der Waals surface area (Å²) in [5, 5.41) is 8.14. The number of carbonyl (C=O) groups excluding carboxylic acids is 3. The molecule has 0 fully saturated rings. The first-order chi connectivity index (χ1) is 11.6. The zero-order valence-corrected chi connectivity index (χ0v) is 13.7. The number of amides is 3. The van der Waals surface area contributed by atoms with Crippen molar-refractivity contribution >= 4 is 35.3 Å². The smallest absolute Gasteiger partial charge is 0.331 e. The normalized spacial score (nSPS) is 11.7. The van der Waals surface area contributed by atoms with E-state index in [-0.39, 0.29) is 0 Å². The summed E-state index contributed by atoms with van der Waals surface area (Å²) in [4.78, 5) is 35.5. The number of ether oxygens (including phenoxy) is 1. The molecule has 2 N–H and O–H groups in total. The van der Waals surface area contributed by atoms with Gasteiger partial charge in [0.1, 0.15) is 0 Å². The molecule has 0 spiro atoms. The second-order valence-electron chi connectivity index (χ2n) is 4.69. The van der Waals surface area contributed by atoms with Crippen molar-refractivity contribution < 1.29 is 19.1 Å². The van der Waals surface area contributed by atoms with Gasteiger partial charge in [-0.3, -0.25) is 10.1 Å². The van der Waals surface area contributed by atoms with Gasteiger partial charge in [0.2, 0.25) is 6.10 Å². The van der Waals surface area contributed by atoms with Crippen LogP contribution in [0, 0.1) is 0 Å². The molecule has 6 nitrogen and oxygen atoms in total. The summed E-state index contributed by atoms with van der Waals surface area (Å²) < 4.78 is 5.23. The third-order valence-electron chi connectivity index (χ3n) is 2.99. The van der Waals surface area contributed by atoms with E-state index < -0.39 is 24.0 Å². The molecular weight excluding hydrogens is 328 g/mol. The second kappa shape index (κ2) is 8.64. The van der Waals surface area contributed by atoms with Crippen LogP contribution < -0.4 is 10.6 Å². The first-order valence-corrected chi connectivity index (χ1v) is 8.03. The van der Waals surface area contributed by atoms with E-state index in [0.29, 0.717) is 5.56 Å². The summed E-state index contributed by atoms with van der Waals surface area (Å²) in [6.45, 7) is 0. The molecule has 0 radical (unpaired) electrons. The lowest BCUT2D eigenvalue weighted by Gasteiger charge is -2.16. The van der Waals surface area contributed by atoms with Crippen LogP contribution in [0.5, 0.6) is 0 Å². The number of nitrogens with one attached hydrogen (secondary N) is 2. The molecule has 0 bridgehead atoms. The van der Waals surface area contributed by atoms with Crippen LogP contribution in [0.2, 0.25) is 0 Å². The Kier molecular flexibility index (Phi) is 6.27. The van der Waals surface area contributed by atoms with Crippen molar-refractivity contribution in [3.8, 4) is 0 Å². The highest BCUT2D eigenvalue weighted by Gasteiger charge is 2.25. The molecule has 1 aromatic carbocycles. The van der Waals surface area contributed by atoms with Gasteiger partial charge in [-0.1, -0.05) is 30.3 Å². The maximum atomic E-state index is 12.2. The first kappa shape index (κ1) is 17.4. The van der Waals surface area contributed by atoms with Gasteiger partial charge in [0.15, 0.2) is 0 Å². The lowest BCUT2D eigenvalue weighted by Crippen LogP contribution is -2.41. The summed E-state index contributed by atoms with van der Waals surface area (Å²) in [6, 6.07) is 9.66. The molecule has 0 aliphatic rings. The SMILES string of the molecule is CNC(=O)NC(=O)[C@@H](OC(=O)/C=C/c1ccsc1)c1ccccc1. The molecule has 124 valence electrons. The van der Waals surface area contributed by atoms with Crippen LogP contribution in [-0.2, 0) is 14.3 Å². The van der Waals surface area contributed by atoms with E-state index in [0.717, 1.165) is 5.56 Å². The summed E-state index contributed by atoms with van der Waals surface area (Å²) in [5.41, 5.74) is 1.33. The summed E-state index contributed by atoms with van der Waals surface area (Å²) >= 11 is 1.50. The van der Waals surface area contributed by atoms with Crippen molar-refractivity contribution in [2.75, 3.05) is 7.05 Å². The van der Waals surface area contributed by atoms with Crippen molar-refractivity contribution in [3.05, 3.63) is 64.4 Å². The number of benzene rings is 1. The van der Waals surface area contributed by atoms with E-state index in [1.165, 1.54) is 24.5 Å². The molecule has 3 amide bonds. The van der Waals surface area contributed by atoms with Crippen LogP contribution in [0.25, 0.3) is 6.08 Å². The quantitative estimate of drug-likeness (QED) is 0.645. The van der Waals surface area contributed by atoms with Gasteiger partial charge in [0, 0.05) is 18.7 Å². The number of hydrogen-bond acceptors (Lipinski definition) is 5. The molecule has 0 aliphatic heterocycles. The van der Waals surface area contributed by atoms with E-state index >= 15 is 0 Å². The Morgan fingerprint density at radius 2 is 1.92 bits per heavy atom. The van der Waals surface area contributed by atoms with Gasteiger partial charge < -0.3 is 10.1 Å². The molecule has 1 aromatic heterocycles. The van der Waals surface area contributed by atoms with Crippen LogP contribution in [0.4, 0.5) is 4.79 Å². The lowest BCUT2D eigenvalue weighted by atomic mass is 10.1. The molecule has 7 heteroatoms. The number of hydrogen-bond donors (Lipinski definition) is 2. The maximum absolute atomic E-state index is 12.2. The van der Waals surface area contributed by atoms with E-state index in [2.05, 4.69) is 10.6 Å². The molecule has 0 saturated heterocycles. The minimum absolute atomic E-state index is 0.469. The Morgan fingerprint density at radius 3 is 2.54 bits per heavy atom. The second-order valence-corrected chi connectivity index (χ2v) is 5.47. The van der Waals surface area contributed by atoms with Gasteiger partial charge in [-0.25, -0.2) is 9.59 Å². The van der Waals surface area contributed by atoms with E-state index in [4.69, 9.17) is 4.74 Å². The standard InChI is InChI=1S/C17H16N2O4S/c1-18-17(22)19-16(21)15(13-5-3-2-4-6-13)23-14(20)8-7-12-9-10-24-11-12/h2-11,15H,1H3,(H2,18,19,21,22)/b8-7+/t15-/m0/s1. The fourth-order valence-electron chi connectivity index (χ4n) is 1.83. The van der Waals surface area contributed by atoms with E-state index in [1.54, 1.807) is 36.4 Å². The Labute approximate surface area is 143 Å². The highest BCUT2D eigenvalue weighted by molar-refractivity contribution is 7.08. The lowest BCUT2D eigenvalue weighted by molar-refractivity contribution is -0.151. The van der Waals surface area contributed by atoms with Gasteiger partial charge in [0.25, 0.3) is 5.91 Å². The van der Waals surface area contributed by atoms with Crippen molar-refractivity contribution in [1.29, 1.82) is 0 Å². The number of carbonyl (C=O) groups is 3. The monoisotopic (exact) mass is 344 g/mol. The average molecular weight is 344 g/mol. The van der Waals surface area contributed by atoms with Crippen LogP contribution in [-0.4, -0.2) is 25.0 Å². The van der Waals surface area contributed by atoms with Crippen molar-refractivity contribution in [2.45, 2.75) is 6.10 Å². The maximum Gasteiger partial charge on any atom is 0.331 e. The molecular formula is C17H16N2O4S. The topological polar surface area (TPSA) is 84.5 Å². The zero-order valence-electron chi connectivity index (χ0n) is 12.9. The van der Waals surface area contributed by atoms with Gasteiger partial charge in [-0.05, 0) is 28.5 Å². The molecule has 1 heterocycles. The molecule has 2 aromatic rings. The van der Waals surface area contributed by atoms with Crippen LogP contribution in [0.3, 0.4) is 0 Å². The summed E-state index contributed by atoms with van der Waals surface area (Å²) in [7, 11) is 1.38. The Balaban J connectivity index is 2.12. The molecule has 0 unspecified atom stereocenters. The largest absolute Gasteiger partial charge is 0.444 e. The van der Waals surface area contributed by atoms with E-state index in [1.807, 2.05) is 16.8 Å². The number of esters is 1. The summed E-state index contributed by atoms with van der Waals surface area (Å²) in [6.07, 6.45) is 1.62. The Bertz CT molecular complexity index is 726. The first-order valence-electron chi connectivity index (χ1n) is 7.08. The van der Waals surface area contributed by atoms with Crippen molar-refractivity contribution in [1.82, 2.24) is 10.6 Å². The summed E-state index contributed by atoms with van der Waals surface area (Å²) in [5.74, 6) is -1.40. The van der Waals surface area contributed by atoms with Crippen LogP contribution >= 0.6 is 11.3 Å². The third-order valence-corrected chi connectivity index (χ3v) is 3.69. The molecule has 0 saturated carbocycles. The average Bonchev–Trinajstić information content (AvgIpc) is 3.12. The van der Waals surface area contributed by atoms with Gasteiger partial charge in [0.05, 0.1) is 0 Å². The minimum Gasteiger partial charge on any atom is -0.444 e. The molecule has 24 heavy (non-hydrogen) atoms. The van der Waals surface area contributed by atoms with E-state index in [9.17, 15) is 14.4 Å². The fourth-order valence-corrected chi connectivity index (χ4v) is 2.46.